The molecule has 0 aliphatic carbocycles. The number of hydrogen-bond donors (Lipinski definition) is 1. The van der Waals surface area contributed by atoms with Crippen LogP contribution in [0.3, 0.4) is 0 Å². The predicted octanol–water partition coefficient (Wildman–Crippen LogP) is 3.61. The maximum Gasteiger partial charge on any atom is 0.410 e. The highest BCUT2D eigenvalue weighted by atomic mass is 16.6. The summed E-state index contributed by atoms with van der Waals surface area (Å²) in [6.07, 6.45) is 3.39. The Hall–Kier alpha value is -2.60. The summed E-state index contributed by atoms with van der Waals surface area (Å²) in [4.78, 5) is 18.6. The maximum absolute atomic E-state index is 12.2. The first-order chi connectivity index (χ1) is 12.8. The normalized spacial score (nSPS) is 14.9. The van der Waals surface area contributed by atoms with Gasteiger partial charge in [0.15, 0.2) is 0 Å². The first kappa shape index (κ1) is 18.2. The Morgan fingerprint density at radius 1 is 1.19 bits per heavy atom. The van der Waals surface area contributed by atoms with Crippen molar-refractivity contribution in [3.8, 4) is 0 Å². The Bertz CT molecular complexity index is 683. The van der Waals surface area contributed by atoms with E-state index in [2.05, 4.69) is 10.3 Å². The summed E-state index contributed by atoms with van der Waals surface area (Å²) in [6.45, 7) is 2.18. The first-order valence-electron chi connectivity index (χ1n) is 8.90. The Morgan fingerprint density at radius 2 is 1.96 bits per heavy atom. The zero-order chi connectivity index (χ0) is 18.2. The van der Waals surface area contributed by atoms with E-state index in [1.807, 2.05) is 48.7 Å². The summed E-state index contributed by atoms with van der Waals surface area (Å²) < 4.78 is 10.4. The van der Waals surface area contributed by atoms with Gasteiger partial charge in [0.25, 0.3) is 0 Å². The number of aromatic nitrogens is 1. The molecule has 0 radical (unpaired) electrons. The van der Waals surface area contributed by atoms with Crippen LogP contribution < -0.4 is 5.32 Å². The third kappa shape index (κ3) is 4.95. The third-order valence-corrected chi connectivity index (χ3v) is 4.58. The number of pyridine rings is 1. The van der Waals surface area contributed by atoms with E-state index in [-0.39, 0.29) is 6.09 Å². The van der Waals surface area contributed by atoms with Crippen LogP contribution in [0.4, 0.5) is 10.5 Å². The van der Waals surface area contributed by atoms with E-state index in [4.69, 9.17) is 9.47 Å². The Morgan fingerprint density at radius 3 is 2.62 bits per heavy atom. The molecule has 1 saturated heterocycles. The van der Waals surface area contributed by atoms with E-state index in [0.29, 0.717) is 32.3 Å². The fraction of sp³-hybridized carbons (Fsp3) is 0.400. The molecule has 26 heavy (non-hydrogen) atoms. The van der Waals surface area contributed by atoms with Crippen LogP contribution in [0.25, 0.3) is 0 Å². The summed E-state index contributed by atoms with van der Waals surface area (Å²) in [5.74, 6) is 0.379. The Kier molecular flexibility index (Phi) is 6.44. The highest BCUT2D eigenvalue weighted by molar-refractivity contribution is 5.67. The molecule has 1 amide bonds. The number of amides is 1. The molecule has 0 spiro atoms. The van der Waals surface area contributed by atoms with Crippen molar-refractivity contribution in [3.63, 3.8) is 0 Å². The van der Waals surface area contributed by atoms with Crippen LogP contribution in [0.5, 0.6) is 0 Å². The topological polar surface area (TPSA) is 63.7 Å². The quantitative estimate of drug-likeness (QED) is 0.802. The highest BCUT2D eigenvalue weighted by Crippen LogP contribution is 2.27. The van der Waals surface area contributed by atoms with Crippen LogP contribution in [-0.4, -0.2) is 42.9 Å². The van der Waals surface area contributed by atoms with Crippen LogP contribution in [0, 0.1) is 0 Å². The van der Waals surface area contributed by atoms with Gasteiger partial charge in [-0.3, -0.25) is 4.98 Å². The zero-order valence-corrected chi connectivity index (χ0v) is 15.1. The van der Waals surface area contributed by atoms with Crippen molar-refractivity contribution >= 4 is 11.8 Å². The third-order valence-electron chi connectivity index (χ3n) is 4.58. The van der Waals surface area contributed by atoms with Gasteiger partial charge in [-0.25, -0.2) is 4.79 Å². The predicted molar refractivity (Wildman–Crippen MR) is 99.9 cm³/mol. The average molecular weight is 355 g/mol. The molecule has 6 heteroatoms. The lowest BCUT2D eigenvalue weighted by molar-refractivity contribution is 0.0868. The molecule has 3 rings (SSSR count). The molecule has 1 aliphatic rings. The van der Waals surface area contributed by atoms with Crippen LogP contribution in [0.15, 0.2) is 48.7 Å². The monoisotopic (exact) mass is 355 g/mol. The van der Waals surface area contributed by atoms with Gasteiger partial charge in [0.2, 0.25) is 0 Å². The number of nitrogens with zero attached hydrogens (tertiary/aromatic N) is 2. The van der Waals surface area contributed by atoms with Gasteiger partial charge in [-0.2, -0.15) is 0 Å². The number of carbonyl (C=O) groups excluding carboxylic acids is 1. The SMILES string of the molecule is COCNc1ccc(C2CCN(C(=O)OCc3ccccc3)CC2)nc1. The molecule has 6 nitrogen and oxygen atoms in total. The number of piperidine rings is 1. The molecule has 0 saturated carbocycles. The molecular formula is C20H25N3O3. The van der Waals surface area contributed by atoms with Gasteiger partial charge in [-0.1, -0.05) is 30.3 Å². The largest absolute Gasteiger partial charge is 0.445 e. The summed E-state index contributed by atoms with van der Waals surface area (Å²) in [5, 5.41) is 3.12. The van der Waals surface area contributed by atoms with Gasteiger partial charge in [0.05, 0.1) is 11.9 Å². The number of anilines is 1. The molecule has 2 aromatic rings. The van der Waals surface area contributed by atoms with Crippen molar-refractivity contribution in [3.05, 3.63) is 59.9 Å². The highest BCUT2D eigenvalue weighted by Gasteiger charge is 2.25. The second kappa shape index (κ2) is 9.20. The number of rotatable bonds is 6. The van der Waals surface area contributed by atoms with Crippen molar-refractivity contribution in [2.75, 3.05) is 32.2 Å². The number of hydrogen-bond acceptors (Lipinski definition) is 5. The molecule has 0 unspecified atom stereocenters. The minimum Gasteiger partial charge on any atom is -0.445 e. The molecule has 0 atom stereocenters. The lowest BCUT2D eigenvalue weighted by Gasteiger charge is -2.31. The van der Waals surface area contributed by atoms with Gasteiger partial charge in [0, 0.05) is 31.8 Å². The summed E-state index contributed by atoms with van der Waals surface area (Å²) in [5.41, 5.74) is 3.02. The van der Waals surface area contributed by atoms with E-state index >= 15 is 0 Å². The minimum absolute atomic E-state index is 0.237. The van der Waals surface area contributed by atoms with Gasteiger partial charge in [-0.15, -0.1) is 0 Å². The zero-order valence-electron chi connectivity index (χ0n) is 15.1. The fourth-order valence-corrected chi connectivity index (χ4v) is 3.08. The Labute approximate surface area is 154 Å². The molecule has 0 bridgehead atoms. The second-order valence-corrected chi connectivity index (χ2v) is 6.38. The molecule has 1 N–H and O–H groups in total. The van der Waals surface area contributed by atoms with Crippen molar-refractivity contribution in [1.29, 1.82) is 0 Å². The van der Waals surface area contributed by atoms with Crippen molar-refractivity contribution in [2.45, 2.75) is 25.4 Å². The molecule has 138 valence electrons. The maximum atomic E-state index is 12.2. The van der Waals surface area contributed by atoms with Gasteiger partial charge < -0.3 is 19.7 Å². The van der Waals surface area contributed by atoms with E-state index in [0.717, 1.165) is 29.8 Å². The lowest BCUT2D eigenvalue weighted by Crippen LogP contribution is -2.38. The molecule has 1 fully saturated rings. The van der Waals surface area contributed by atoms with Gasteiger partial charge in [-0.05, 0) is 30.5 Å². The number of methoxy groups -OCH3 is 1. The molecule has 1 aromatic carbocycles. The lowest BCUT2D eigenvalue weighted by atomic mass is 9.93. The van der Waals surface area contributed by atoms with Crippen LogP contribution >= 0.6 is 0 Å². The van der Waals surface area contributed by atoms with Crippen molar-refractivity contribution in [1.82, 2.24) is 9.88 Å². The van der Waals surface area contributed by atoms with E-state index < -0.39 is 0 Å². The second-order valence-electron chi connectivity index (χ2n) is 6.38. The van der Waals surface area contributed by atoms with E-state index in [1.54, 1.807) is 12.0 Å². The minimum atomic E-state index is -0.237. The number of carbonyl (C=O) groups is 1. The molecular weight excluding hydrogens is 330 g/mol. The standard InChI is InChI=1S/C20H25N3O3/c1-25-15-22-18-7-8-19(21-13-18)17-9-11-23(12-10-17)20(24)26-14-16-5-3-2-4-6-16/h2-8,13,17,22H,9-12,14-15H2,1H3. The van der Waals surface area contributed by atoms with Crippen LogP contribution in [0.2, 0.25) is 0 Å². The fourth-order valence-electron chi connectivity index (χ4n) is 3.08. The van der Waals surface area contributed by atoms with E-state index in [1.165, 1.54) is 0 Å². The first-order valence-corrected chi connectivity index (χ1v) is 8.90. The average Bonchev–Trinajstić information content (AvgIpc) is 2.72. The number of nitrogens with one attached hydrogen (secondary N) is 1. The molecule has 1 aliphatic heterocycles. The number of benzene rings is 1. The molecule has 2 heterocycles. The van der Waals surface area contributed by atoms with Gasteiger partial charge >= 0.3 is 6.09 Å². The Balaban J connectivity index is 1.45. The number of likely N-dealkylation sites (tertiary alicyclic amines) is 1. The van der Waals surface area contributed by atoms with Gasteiger partial charge in [0.1, 0.15) is 13.3 Å². The summed E-state index contributed by atoms with van der Waals surface area (Å²) >= 11 is 0. The van der Waals surface area contributed by atoms with Crippen molar-refractivity contribution < 1.29 is 14.3 Å². The van der Waals surface area contributed by atoms with Crippen LogP contribution in [0.1, 0.15) is 30.0 Å². The summed E-state index contributed by atoms with van der Waals surface area (Å²) in [7, 11) is 1.65. The number of ether oxygens (including phenoxy) is 2. The van der Waals surface area contributed by atoms with Crippen LogP contribution in [-0.2, 0) is 16.1 Å². The van der Waals surface area contributed by atoms with Crippen molar-refractivity contribution in [2.24, 2.45) is 0 Å². The smallest absolute Gasteiger partial charge is 0.410 e. The van der Waals surface area contributed by atoms with E-state index in [9.17, 15) is 4.79 Å². The molecule has 1 aromatic heterocycles. The summed E-state index contributed by atoms with van der Waals surface area (Å²) in [6, 6.07) is 13.8.